The molecular weight excluding hydrogens is 220 g/mol. The number of imide groups is 1. The maximum absolute atomic E-state index is 11.1. The number of amides is 2. The van der Waals surface area contributed by atoms with E-state index in [9.17, 15) is 18.0 Å². The number of sulfone groups is 1. The van der Waals surface area contributed by atoms with Crippen molar-refractivity contribution in [3.63, 3.8) is 0 Å². The average Bonchev–Trinajstić information content (AvgIpc) is 2.37. The van der Waals surface area contributed by atoms with Gasteiger partial charge in [0.05, 0.1) is 18.2 Å². The smallest absolute Gasteiger partial charge is 0.244 e. The predicted molar refractivity (Wildman–Crippen MR) is 53.9 cm³/mol. The summed E-state index contributed by atoms with van der Waals surface area (Å²) >= 11 is 0. The highest BCUT2D eigenvalue weighted by Gasteiger charge is 2.29. The molecule has 0 aromatic heterocycles. The third-order valence-corrected chi connectivity index (χ3v) is 3.08. The molecule has 1 unspecified atom stereocenters. The monoisotopic (exact) mass is 234 g/mol. The molecule has 2 amide bonds. The SMILES string of the molecule is CS(=O)(=O)CCCNC1CC(=O)NC1=O. The molecule has 1 saturated heterocycles. The van der Waals surface area contributed by atoms with Crippen LogP contribution < -0.4 is 10.6 Å². The van der Waals surface area contributed by atoms with E-state index in [-0.39, 0.29) is 24.0 Å². The second-order valence-corrected chi connectivity index (χ2v) is 5.87. The van der Waals surface area contributed by atoms with E-state index in [4.69, 9.17) is 0 Å². The van der Waals surface area contributed by atoms with Crippen molar-refractivity contribution in [2.75, 3.05) is 18.6 Å². The quantitative estimate of drug-likeness (QED) is 0.443. The molecule has 0 radical (unpaired) electrons. The van der Waals surface area contributed by atoms with Gasteiger partial charge in [-0.1, -0.05) is 0 Å². The van der Waals surface area contributed by atoms with Crippen LogP contribution in [0.2, 0.25) is 0 Å². The second kappa shape index (κ2) is 4.71. The number of hydrogen-bond acceptors (Lipinski definition) is 5. The molecule has 1 atom stereocenters. The summed E-state index contributed by atoms with van der Waals surface area (Å²) in [5, 5.41) is 5.00. The molecule has 0 bridgehead atoms. The van der Waals surface area contributed by atoms with Crippen LogP contribution in [0.5, 0.6) is 0 Å². The molecule has 0 aromatic rings. The molecule has 0 spiro atoms. The minimum Gasteiger partial charge on any atom is -0.305 e. The molecule has 6 nitrogen and oxygen atoms in total. The van der Waals surface area contributed by atoms with Gasteiger partial charge in [-0.25, -0.2) is 8.42 Å². The fourth-order valence-electron chi connectivity index (χ4n) is 1.33. The van der Waals surface area contributed by atoms with E-state index < -0.39 is 15.9 Å². The van der Waals surface area contributed by atoms with E-state index in [2.05, 4.69) is 10.6 Å². The van der Waals surface area contributed by atoms with Crippen LogP contribution in [0.4, 0.5) is 0 Å². The number of hydrogen-bond donors (Lipinski definition) is 2. The van der Waals surface area contributed by atoms with Gasteiger partial charge in [0, 0.05) is 6.26 Å². The van der Waals surface area contributed by atoms with Gasteiger partial charge in [-0.15, -0.1) is 0 Å². The van der Waals surface area contributed by atoms with Gasteiger partial charge < -0.3 is 5.32 Å². The first-order valence-electron chi connectivity index (χ1n) is 4.63. The first-order valence-corrected chi connectivity index (χ1v) is 6.69. The maximum atomic E-state index is 11.1. The molecule has 1 aliphatic rings. The fraction of sp³-hybridized carbons (Fsp3) is 0.750. The Morgan fingerprint density at radius 1 is 1.47 bits per heavy atom. The van der Waals surface area contributed by atoms with Crippen LogP contribution in [-0.4, -0.2) is 44.8 Å². The number of rotatable bonds is 5. The molecule has 86 valence electrons. The van der Waals surface area contributed by atoms with Crippen LogP contribution in [0.3, 0.4) is 0 Å². The number of nitrogens with one attached hydrogen (secondary N) is 2. The summed E-state index contributed by atoms with van der Waals surface area (Å²) in [7, 11) is -2.95. The molecule has 0 aliphatic carbocycles. The van der Waals surface area contributed by atoms with Crippen LogP contribution in [0, 0.1) is 0 Å². The van der Waals surface area contributed by atoms with E-state index in [0.29, 0.717) is 13.0 Å². The van der Waals surface area contributed by atoms with Gasteiger partial charge in [-0.3, -0.25) is 14.9 Å². The van der Waals surface area contributed by atoms with Crippen molar-refractivity contribution in [1.29, 1.82) is 0 Å². The molecule has 7 heteroatoms. The fourth-order valence-corrected chi connectivity index (χ4v) is 2.00. The van der Waals surface area contributed by atoms with E-state index in [0.717, 1.165) is 0 Å². The minimum atomic E-state index is -2.95. The summed E-state index contributed by atoms with van der Waals surface area (Å²) in [6.45, 7) is 0.415. The molecular formula is C8H14N2O4S. The summed E-state index contributed by atoms with van der Waals surface area (Å²) < 4.78 is 21.6. The highest BCUT2D eigenvalue weighted by molar-refractivity contribution is 7.90. The molecule has 1 fully saturated rings. The van der Waals surface area contributed by atoms with Crippen LogP contribution in [-0.2, 0) is 19.4 Å². The Morgan fingerprint density at radius 2 is 2.13 bits per heavy atom. The summed E-state index contributed by atoms with van der Waals surface area (Å²) in [4.78, 5) is 21.9. The van der Waals surface area contributed by atoms with Crippen LogP contribution in [0.15, 0.2) is 0 Å². The molecule has 0 saturated carbocycles. The first kappa shape index (κ1) is 12.1. The normalized spacial score (nSPS) is 21.8. The summed E-state index contributed by atoms with van der Waals surface area (Å²) in [6.07, 6.45) is 1.74. The molecule has 1 rings (SSSR count). The largest absolute Gasteiger partial charge is 0.305 e. The van der Waals surface area contributed by atoms with Crippen molar-refractivity contribution in [2.24, 2.45) is 0 Å². The standard InChI is InChI=1S/C8H14N2O4S/c1-15(13,14)4-2-3-9-6-5-7(11)10-8(6)12/h6,9H,2-5H2,1H3,(H,10,11,12). The summed E-state index contributed by atoms with van der Waals surface area (Å²) in [5.41, 5.74) is 0. The van der Waals surface area contributed by atoms with Gasteiger partial charge in [0.1, 0.15) is 9.84 Å². The highest BCUT2D eigenvalue weighted by Crippen LogP contribution is 2.01. The molecule has 1 heterocycles. The molecule has 15 heavy (non-hydrogen) atoms. The van der Waals surface area contributed by atoms with Gasteiger partial charge in [0.2, 0.25) is 11.8 Å². The average molecular weight is 234 g/mol. The molecule has 0 aromatic carbocycles. The van der Waals surface area contributed by atoms with Crippen molar-refractivity contribution >= 4 is 21.7 Å². The third kappa shape index (κ3) is 4.39. The van der Waals surface area contributed by atoms with Gasteiger partial charge in [-0.05, 0) is 13.0 Å². The van der Waals surface area contributed by atoms with Gasteiger partial charge in [-0.2, -0.15) is 0 Å². The Morgan fingerprint density at radius 3 is 2.60 bits per heavy atom. The van der Waals surface area contributed by atoms with Gasteiger partial charge in [0.15, 0.2) is 0 Å². The zero-order chi connectivity index (χ0) is 11.5. The van der Waals surface area contributed by atoms with Crippen molar-refractivity contribution in [3.05, 3.63) is 0 Å². The number of carbonyl (C=O) groups excluding carboxylic acids is 2. The highest BCUT2D eigenvalue weighted by atomic mass is 32.2. The zero-order valence-corrected chi connectivity index (χ0v) is 9.26. The Bertz CT molecular complexity index is 363. The predicted octanol–water partition coefficient (Wildman–Crippen LogP) is -1.57. The topological polar surface area (TPSA) is 92.3 Å². The maximum Gasteiger partial charge on any atom is 0.244 e. The zero-order valence-electron chi connectivity index (χ0n) is 8.45. The Labute approximate surface area is 88.3 Å². The lowest BCUT2D eigenvalue weighted by Crippen LogP contribution is -2.37. The lowest BCUT2D eigenvalue weighted by atomic mass is 10.2. The van der Waals surface area contributed by atoms with E-state index in [1.54, 1.807) is 0 Å². The first-order chi connectivity index (χ1) is 6.88. The van der Waals surface area contributed by atoms with Crippen LogP contribution >= 0.6 is 0 Å². The summed E-state index contributed by atoms with van der Waals surface area (Å²) in [6, 6.07) is -0.503. The van der Waals surface area contributed by atoms with Crippen molar-refractivity contribution in [3.8, 4) is 0 Å². The Balaban J connectivity index is 2.21. The minimum absolute atomic E-state index is 0.0856. The van der Waals surface area contributed by atoms with Gasteiger partial charge in [0.25, 0.3) is 0 Å². The van der Waals surface area contributed by atoms with Crippen LogP contribution in [0.1, 0.15) is 12.8 Å². The van der Waals surface area contributed by atoms with Crippen molar-refractivity contribution in [2.45, 2.75) is 18.9 Å². The van der Waals surface area contributed by atoms with Gasteiger partial charge >= 0.3 is 0 Å². The van der Waals surface area contributed by atoms with Crippen molar-refractivity contribution in [1.82, 2.24) is 10.6 Å². The summed E-state index contributed by atoms with van der Waals surface area (Å²) in [5.74, 6) is -0.539. The van der Waals surface area contributed by atoms with E-state index >= 15 is 0 Å². The number of carbonyl (C=O) groups is 2. The third-order valence-electron chi connectivity index (χ3n) is 2.05. The van der Waals surface area contributed by atoms with E-state index in [1.807, 2.05) is 0 Å². The Kier molecular flexibility index (Phi) is 3.81. The molecule has 1 aliphatic heterocycles. The lowest BCUT2D eigenvalue weighted by molar-refractivity contribution is -0.125. The second-order valence-electron chi connectivity index (χ2n) is 3.61. The lowest BCUT2D eigenvalue weighted by Gasteiger charge is -2.07. The Hall–Kier alpha value is -0.950. The van der Waals surface area contributed by atoms with E-state index in [1.165, 1.54) is 6.26 Å². The molecule has 2 N–H and O–H groups in total. The van der Waals surface area contributed by atoms with Crippen molar-refractivity contribution < 1.29 is 18.0 Å². The van der Waals surface area contributed by atoms with Crippen LogP contribution in [0.25, 0.3) is 0 Å².